The average Bonchev–Trinajstić information content (AvgIpc) is 2.70. The zero-order valence-corrected chi connectivity index (χ0v) is 20.0. The van der Waals surface area contributed by atoms with Gasteiger partial charge in [0, 0.05) is 18.2 Å². The first-order valence-corrected chi connectivity index (χ1v) is 10.6. The van der Waals surface area contributed by atoms with E-state index in [-0.39, 0.29) is 17.0 Å². The normalized spacial score (nSPS) is 16.7. The van der Waals surface area contributed by atoms with Crippen LogP contribution >= 0.6 is 0 Å². The van der Waals surface area contributed by atoms with Gasteiger partial charge in [-0.2, -0.15) is 0 Å². The van der Waals surface area contributed by atoms with Crippen molar-refractivity contribution in [1.29, 1.82) is 0 Å². The minimum Gasteiger partial charge on any atom is -0.507 e. The monoisotopic (exact) mass is 452 g/mol. The van der Waals surface area contributed by atoms with Crippen LogP contribution in [0.3, 0.4) is 0 Å². The molecule has 0 aromatic heterocycles. The summed E-state index contributed by atoms with van der Waals surface area (Å²) in [6, 6.07) is 7.57. The highest BCUT2D eigenvalue weighted by molar-refractivity contribution is 6.39. The Bertz CT molecular complexity index is 1130. The molecule has 1 fully saturated rings. The maximum Gasteiger partial charge on any atom is 0.338 e. The molecule has 0 aliphatic carbocycles. The number of phenolic OH excluding ortho intramolecular Hbond substituents is 1. The largest absolute Gasteiger partial charge is 0.507 e. The van der Waals surface area contributed by atoms with Gasteiger partial charge >= 0.3 is 6.03 Å². The van der Waals surface area contributed by atoms with E-state index < -0.39 is 34.5 Å². The summed E-state index contributed by atoms with van der Waals surface area (Å²) in [5.74, 6) is -1.86. The van der Waals surface area contributed by atoms with Crippen molar-refractivity contribution in [2.45, 2.75) is 52.4 Å². The molecule has 3 rings (SSSR count). The molecule has 1 aliphatic rings. The molecule has 2 aromatic rings. The molecule has 6 nitrogen and oxygen atoms in total. The van der Waals surface area contributed by atoms with Crippen LogP contribution in [0.4, 0.5) is 14.9 Å². The number of anilines is 1. The Labute approximate surface area is 193 Å². The second-order valence-electron chi connectivity index (χ2n) is 10.3. The Kier molecular flexibility index (Phi) is 5.96. The van der Waals surface area contributed by atoms with Crippen LogP contribution in [0, 0.1) is 5.82 Å². The lowest BCUT2D eigenvalue weighted by molar-refractivity contribution is -0.128. The van der Waals surface area contributed by atoms with Gasteiger partial charge in [-0.15, -0.1) is 0 Å². The number of likely N-dealkylation sites (N-methyl/N-ethyl adjacent to an activating group) is 1. The molecule has 174 valence electrons. The van der Waals surface area contributed by atoms with Crippen molar-refractivity contribution in [3.63, 3.8) is 0 Å². The number of nitrogens with zero attached hydrogens (tertiary/aromatic N) is 2. The fraction of sp³-hybridized carbons (Fsp3) is 0.346. The Balaban J connectivity index is 2.20. The van der Waals surface area contributed by atoms with E-state index in [4.69, 9.17) is 0 Å². The van der Waals surface area contributed by atoms with Crippen LogP contribution in [0.2, 0.25) is 0 Å². The smallest absolute Gasteiger partial charge is 0.338 e. The van der Waals surface area contributed by atoms with Gasteiger partial charge in [0.2, 0.25) is 0 Å². The molecule has 0 bridgehead atoms. The minimum absolute atomic E-state index is 0.160. The molecule has 1 aliphatic heterocycles. The lowest BCUT2D eigenvalue weighted by Crippen LogP contribution is -2.55. The standard InChI is InChI=1S/C26H29FN2O4/c1-25(2,3)19-13-15(14-20(21(19)30)26(4,5)6)12-18-22(31)28(7)24(33)29(23(18)32)17-10-8-16(27)9-11-17/h8-14,30H,1-7H3. The Morgan fingerprint density at radius 3 is 1.79 bits per heavy atom. The summed E-state index contributed by atoms with van der Waals surface area (Å²) in [6.07, 6.45) is 1.44. The van der Waals surface area contributed by atoms with Crippen LogP contribution in [0.15, 0.2) is 42.0 Å². The highest BCUT2D eigenvalue weighted by Crippen LogP contribution is 2.40. The molecule has 2 aromatic carbocycles. The third kappa shape index (κ3) is 4.53. The number of benzene rings is 2. The SMILES string of the molecule is CN1C(=O)C(=Cc2cc(C(C)(C)C)c(O)c(C(C)(C)C)c2)C(=O)N(c2ccc(F)cc2)C1=O. The number of urea groups is 1. The number of carbonyl (C=O) groups is 3. The lowest BCUT2D eigenvalue weighted by Gasteiger charge is -2.32. The number of hydrogen-bond donors (Lipinski definition) is 1. The molecule has 0 spiro atoms. The molecule has 33 heavy (non-hydrogen) atoms. The second-order valence-corrected chi connectivity index (χ2v) is 10.3. The molecule has 4 amide bonds. The van der Waals surface area contributed by atoms with Gasteiger partial charge in [0.15, 0.2) is 0 Å². The minimum atomic E-state index is -0.815. The predicted molar refractivity (Wildman–Crippen MR) is 126 cm³/mol. The van der Waals surface area contributed by atoms with Crippen molar-refractivity contribution in [3.05, 3.63) is 64.5 Å². The number of aromatic hydroxyl groups is 1. The van der Waals surface area contributed by atoms with Crippen molar-refractivity contribution in [3.8, 4) is 5.75 Å². The van der Waals surface area contributed by atoms with Gasteiger partial charge in [-0.05, 0) is 58.9 Å². The van der Waals surface area contributed by atoms with Gasteiger partial charge in [0.25, 0.3) is 11.8 Å². The van der Waals surface area contributed by atoms with Crippen molar-refractivity contribution in [2.24, 2.45) is 0 Å². The third-order valence-corrected chi connectivity index (χ3v) is 5.59. The van der Waals surface area contributed by atoms with E-state index in [1.54, 1.807) is 12.1 Å². The number of amides is 4. The number of barbiturate groups is 1. The number of carbonyl (C=O) groups excluding carboxylic acids is 3. The summed E-state index contributed by atoms with van der Waals surface area (Å²) in [5, 5.41) is 10.9. The van der Waals surface area contributed by atoms with E-state index >= 15 is 0 Å². The van der Waals surface area contributed by atoms with Crippen LogP contribution in [0.5, 0.6) is 5.75 Å². The molecule has 1 saturated heterocycles. The molecule has 0 unspecified atom stereocenters. The maximum absolute atomic E-state index is 13.4. The first-order chi connectivity index (χ1) is 15.1. The summed E-state index contributed by atoms with van der Waals surface area (Å²) >= 11 is 0. The van der Waals surface area contributed by atoms with Gasteiger partial charge in [-0.3, -0.25) is 14.5 Å². The fourth-order valence-corrected chi connectivity index (χ4v) is 3.71. The molecule has 1 N–H and O–H groups in total. The van der Waals surface area contributed by atoms with E-state index in [9.17, 15) is 23.9 Å². The van der Waals surface area contributed by atoms with E-state index in [1.807, 2.05) is 41.5 Å². The van der Waals surface area contributed by atoms with Gasteiger partial charge < -0.3 is 5.11 Å². The number of phenols is 1. The van der Waals surface area contributed by atoms with E-state index in [1.165, 1.54) is 25.3 Å². The molecule has 0 saturated carbocycles. The van der Waals surface area contributed by atoms with Crippen LogP contribution in [0.25, 0.3) is 6.08 Å². The molecular formula is C26H29FN2O4. The zero-order valence-electron chi connectivity index (χ0n) is 20.0. The highest BCUT2D eigenvalue weighted by Gasteiger charge is 2.41. The summed E-state index contributed by atoms with van der Waals surface area (Å²) in [6.45, 7) is 11.8. The second kappa shape index (κ2) is 8.14. The Hall–Kier alpha value is -3.48. The summed E-state index contributed by atoms with van der Waals surface area (Å²) in [7, 11) is 1.29. The lowest BCUT2D eigenvalue weighted by atomic mass is 9.78. The summed E-state index contributed by atoms with van der Waals surface area (Å²) < 4.78 is 13.4. The Morgan fingerprint density at radius 2 is 1.33 bits per heavy atom. The maximum atomic E-state index is 13.4. The van der Waals surface area contributed by atoms with Crippen molar-refractivity contribution in [1.82, 2.24) is 4.90 Å². The van der Waals surface area contributed by atoms with Crippen LogP contribution in [-0.4, -0.2) is 34.9 Å². The van der Waals surface area contributed by atoms with Crippen molar-refractivity contribution >= 4 is 29.6 Å². The molecule has 0 radical (unpaired) electrons. The van der Waals surface area contributed by atoms with Crippen LogP contribution in [0.1, 0.15) is 58.2 Å². The molecular weight excluding hydrogens is 423 g/mol. The van der Waals surface area contributed by atoms with Gasteiger partial charge in [0.05, 0.1) is 5.69 Å². The number of imide groups is 2. The predicted octanol–water partition coefficient (Wildman–Crippen LogP) is 5.13. The Morgan fingerprint density at radius 1 is 0.848 bits per heavy atom. The first kappa shape index (κ1) is 24.2. The number of hydrogen-bond acceptors (Lipinski definition) is 4. The van der Waals surface area contributed by atoms with Crippen LogP contribution in [-0.2, 0) is 20.4 Å². The molecule has 7 heteroatoms. The van der Waals surface area contributed by atoms with E-state index in [0.29, 0.717) is 16.7 Å². The fourth-order valence-electron chi connectivity index (χ4n) is 3.71. The number of rotatable bonds is 2. The van der Waals surface area contributed by atoms with Gasteiger partial charge in [-0.25, -0.2) is 14.1 Å². The van der Waals surface area contributed by atoms with Gasteiger partial charge in [0.1, 0.15) is 17.1 Å². The highest BCUT2D eigenvalue weighted by atomic mass is 19.1. The third-order valence-electron chi connectivity index (χ3n) is 5.59. The topological polar surface area (TPSA) is 77.9 Å². The summed E-state index contributed by atoms with van der Waals surface area (Å²) in [5.41, 5.74) is 1.08. The zero-order chi connectivity index (χ0) is 24.9. The van der Waals surface area contributed by atoms with E-state index in [0.717, 1.165) is 21.9 Å². The van der Waals surface area contributed by atoms with Gasteiger partial charge in [-0.1, -0.05) is 41.5 Å². The first-order valence-electron chi connectivity index (χ1n) is 10.6. The summed E-state index contributed by atoms with van der Waals surface area (Å²) in [4.78, 5) is 40.6. The number of halogens is 1. The molecule has 0 atom stereocenters. The average molecular weight is 453 g/mol. The van der Waals surface area contributed by atoms with Crippen LogP contribution < -0.4 is 4.90 Å². The molecule has 1 heterocycles. The quantitative estimate of drug-likeness (QED) is 0.506. The van der Waals surface area contributed by atoms with Crippen molar-refractivity contribution in [2.75, 3.05) is 11.9 Å². The van der Waals surface area contributed by atoms with Crippen molar-refractivity contribution < 1.29 is 23.9 Å². The van der Waals surface area contributed by atoms with E-state index in [2.05, 4.69) is 0 Å².